The molecule has 0 fully saturated rings. The van der Waals surface area contributed by atoms with Crippen molar-refractivity contribution in [3.8, 4) is 0 Å². The Labute approximate surface area is 122 Å². The van der Waals surface area contributed by atoms with Crippen molar-refractivity contribution >= 4 is 11.8 Å². The predicted octanol–water partition coefficient (Wildman–Crippen LogP) is 4.21. The summed E-state index contributed by atoms with van der Waals surface area (Å²) in [6.45, 7) is 4.52. The van der Waals surface area contributed by atoms with Crippen LogP contribution in [-0.4, -0.2) is 16.0 Å². The fourth-order valence-electron chi connectivity index (χ4n) is 3.28. The molecule has 0 bridgehead atoms. The molecule has 0 aliphatic heterocycles. The lowest BCUT2D eigenvalue weighted by Gasteiger charge is -2.28. The fraction of sp³-hybridized carbons (Fsp3) is 0.375. The number of halogens is 1. The van der Waals surface area contributed by atoms with Crippen molar-refractivity contribution in [2.45, 2.75) is 31.2 Å². The van der Waals surface area contributed by atoms with E-state index >= 15 is 0 Å². The van der Waals surface area contributed by atoms with Crippen LogP contribution in [0.5, 0.6) is 0 Å². The first kappa shape index (κ1) is 13.6. The molecule has 1 heterocycles. The summed E-state index contributed by atoms with van der Waals surface area (Å²) in [5, 5.41) is 0.761. The number of fused-ring (bicyclic) bond motifs is 1. The fourth-order valence-corrected chi connectivity index (χ4v) is 3.84. The van der Waals surface area contributed by atoms with E-state index in [0.29, 0.717) is 0 Å². The minimum Gasteiger partial charge on any atom is -0.244 e. The summed E-state index contributed by atoms with van der Waals surface area (Å²) in [5.74, 6) is 0.231. The molecule has 1 atom stereocenters. The Kier molecular flexibility index (Phi) is 3.50. The number of aromatic nitrogens is 2. The molecule has 1 aromatic carbocycles. The standard InChI is InChI=1S/C16H17FN2S/c1-16(2)7-11-5-3-4-6-12(11)14(16)13-8-18-10-19-15(13)20-9-17/h3-6,8,10,14H,7,9H2,1-2H3. The lowest BCUT2D eigenvalue weighted by Crippen LogP contribution is -2.20. The summed E-state index contributed by atoms with van der Waals surface area (Å²) in [6, 6.07) is 8.04. The number of alkyl halides is 1. The van der Waals surface area contributed by atoms with Gasteiger partial charge in [0, 0.05) is 17.7 Å². The first-order valence-electron chi connectivity index (χ1n) is 6.70. The number of nitrogens with zero attached hydrogens (tertiary/aromatic N) is 2. The molecule has 104 valence electrons. The molecule has 1 aromatic heterocycles. The van der Waals surface area contributed by atoms with Crippen LogP contribution >= 0.6 is 11.8 Å². The number of benzene rings is 1. The molecule has 20 heavy (non-hydrogen) atoms. The van der Waals surface area contributed by atoms with Crippen LogP contribution in [-0.2, 0) is 6.42 Å². The van der Waals surface area contributed by atoms with Crippen LogP contribution in [0.25, 0.3) is 0 Å². The Morgan fingerprint density at radius 1 is 1.30 bits per heavy atom. The monoisotopic (exact) mass is 288 g/mol. The van der Waals surface area contributed by atoms with Gasteiger partial charge in [-0.2, -0.15) is 0 Å². The second-order valence-electron chi connectivity index (χ2n) is 5.83. The van der Waals surface area contributed by atoms with Crippen LogP contribution in [0.2, 0.25) is 0 Å². The number of hydrogen-bond acceptors (Lipinski definition) is 3. The van der Waals surface area contributed by atoms with Crippen LogP contribution < -0.4 is 0 Å². The second kappa shape index (κ2) is 5.17. The second-order valence-corrected chi connectivity index (χ2v) is 6.73. The van der Waals surface area contributed by atoms with Gasteiger partial charge in [0.2, 0.25) is 0 Å². The Balaban J connectivity index is 2.13. The average Bonchev–Trinajstić information content (AvgIpc) is 2.70. The van der Waals surface area contributed by atoms with Crippen molar-refractivity contribution < 1.29 is 4.39 Å². The van der Waals surface area contributed by atoms with Gasteiger partial charge in [-0.15, -0.1) is 0 Å². The maximum Gasteiger partial charge on any atom is 0.141 e. The number of thioether (sulfide) groups is 1. The highest BCUT2D eigenvalue weighted by molar-refractivity contribution is 7.99. The molecular formula is C16H17FN2S. The third kappa shape index (κ3) is 2.22. The highest BCUT2D eigenvalue weighted by Gasteiger charge is 2.41. The predicted molar refractivity (Wildman–Crippen MR) is 79.6 cm³/mol. The highest BCUT2D eigenvalue weighted by Crippen LogP contribution is 2.51. The summed E-state index contributed by atoms with van der Waals surface area (Å²) >= 11 is 1.15. The van der Waals surface area contributed by atoms with Gasteiger partial charge in [0.25, 0.3) is 0 Å². The summed E-state index contributed by atoms with van der Waals surface area (Å²) in [6.07, 6.45) is 4.37. The average molecular weight is 288 g/mol. The van der Waals surface area contributed by atoms with Crippen LogP contribution in [0, 0.1) is 5.41 Å². The molecule has 0 saturated carbocycles. The minimum atomic E-state index is -0.460. The molecule has 2 aromatic rings. The zero-order valence-corrected chi connectivity index (χ0v) is 12.5. The molecule has 0 N–H and O–H groups in total. The smallest absolute Gasteiger partial charge is 0.141 e. The minimum absolute atomic E-state index is 0.0972. The third-order valence-corrected chi connectivity index (χ3v) is 4.72. The zero-order chi connectivity index (χ0) is 14.2. The van der Waals surface area contributed by atoms with Crippen LogP contribution in [0.4, 0.5) is 4.39 Å². The molecule has 2 nitrogen and oxygen atoms in total. The summed E-state index contributed by atoms with van der Waals surface area (Å²) in [5.41, 5.74) is 3.85. The van der Waals surface area contributed by atoms with Gasteiger partial charge in [-0.3, -0.25) is 0 Å². The van der Waals surface area contributed by atoms with Crippen LogP contribution in [0.1, 0.15) is 36.5 Å². The van der Waals surface area contributed by atoms with Crippen molar-refractivity contribution in [1.29, 1.82) is 0 Å². The maximum atomic E-state index is 12.7. The van der Waals surface area contributed by atoms with Gasteiger partial charge < -0.3 is 0 Å². The number of rotatable bonds is 3. The molecule has 0 spiro atoms. The van der Waals surface area contributed by atoms with Gasteiger partial charge in [0.1, 0.15) is 17.4 Å². The van der Waals surface area contributed by atoms with E-state index < -0.39 is 6.01 Å². The molecule has 0 amide bonds. The van der Waals surface area contributed by atoms with Crippen molar-refractivity contribution in [3.63, 3.8) is 0 Å². The zero-order valence-electron chi connectivity index (χ0n) is 11.6. The van der Waals surface area contributed by atoms with Crippen molar-refractivity contribution in [3.05, 3.63) is 53.5 Å². The van der Waals surface area contributed by atoms with Crippen molar-refractivity contribution in [2.75, 3.05) is 6.01 Å². The molecule has 1 unspecified atom stereocenters. The van der Waals surface area contributed by atoms with Gasteiger partial charge in [0.15, 0.2) is 0 Å². The van der Waals surface area contributed by atoms with E-state index in [1.165, 1.54) is 17.5 Å². The van der Waals surface area contributed by atoms with E-state index in [9.17, 15) is 4.39 Å². The van der Waals surface area contributed by atoms with E-state index in [-0.39, 0.29) is 11.3 Å². The first-order valence-corrected chi connectivity index (χ1v) is 7.68. The molecule has 1 aliphatic rings. The lowest BCUT2D eigenvalue weighted by molar-refractivity contribution is 0.342. The van der Waals surface area contributed by atoms with Gasteiger partial charge >= 0.3 is 0 Å². The summed E-state index contributed by atoms with van der Waals surface area (Å²) in [7, 11) is 0. The van der Waals surface area contributed by atoms with Gasteiger partial charge in [-0.05, 0) is 23.0 Å². The topological polar surface area (TPSA) is 25.8 Å². The first-order chi connectivity index (χ1) is 9.63. The van der Waals surface area contributed by atoms with E-state index in [4.69, 9.17) is 0 Å². The third-order valence-electron chi connectivity index (χ3n) is 4.00. The van der Waals surface area contributed by atoms with Gasteiger partial charge in [0.05, 0.1) is 0 Å². The largest absolute Gasteiger partial charge is 0.244 e. The Morgan fingerprint density at radius 2 is 2.10 bits per heavy atom. The van der Waals surface area contributed by atoms with E-state index in [2.05, 4.69) is 48.1 Å². The van der Waals surface area contributed by atoms with E-state index in [1.807, 2.05) is 6.20 Å². The summed E-state index contributed by atoms with van der Waals surface area (Å²) in [4.78, 5) is 8.43. The van der Waals surface area contributed by atoms with E-state index in [0.717, 1.165) is 28.8 Å². The Morgan fingerprint density at radius 3 is 2.90 bits per heavy atom. The lowest BCUT2D eigenvalue weighted by atomic mass is 9.76. The van der Waals surface area contributed by atoms with Gasteiger partial charge in [-0.25, -0.2) is 14.4 Å². The van der Waals surface area contributed by atoms with Gasteiger partial charge in [-0.1, -0.05) is 49.9 Å². The Hall–Kier alpha value is -1.42. The van der Waals surface area contributed by atoms with Crippen molar-refractivity contribution in [1.82, 2.24) is 9.97 Å². The quantitative estimate of drug-likeness (QED) is 0.625. The molecule has 0 saturated heterocycles. The molecule has 4 heteroatoms. The maximum absolute atomic E-state index is 12.7. The molecule has 0 radical (unpaired) electrons. The molecular weight excluding hydrogens is 271 g/mol. The summed E-state index contributed by atoms with van der Waals surface area (Å²) < 4.78 is 12.7. The molecule has 1 aliphatic carbocycles. The van der Waals surface area contributed by atoms with Crippen molar-refractivity contribution in [2.24, 2.45) is 5.41 Å². The molecule has 3 rings (SSSR count). The number of hydrogen-bond donors (Lipinski definition) is 0. The van der Waals surface area contributed by atoms with E-state index in [1.54, 1.807) is 0 Å². The highest BCUT2D eigenvalue weighted by atomic mass is 32.2. The van der Waals surface area contributed by atoms with Crippen LogP contribution in [0.15, 0.2) is 41.8 Å². The SMILES string of the molecule is CC1(C)Cc2ccccc2C1c1cncnc1SCF. The van der Waals surface area contributed by atoms with Crippen LogP contribution in [0.3, 0.4) is 0 Å². The normalized spacial score (nSPS) is 19.9. The Bertz CT molecular complexity index is 627.